The molecule has 1 aliphatic heterocycles. The normalized spacial score (nSPS) is 19.7. The van der Waals surface area contributed by atoms with Gasteiger partial charge < -0.3 is 16.0 Å². The zero-order chi connectivity index (χ0) is 24.2. The minimum absolute atomic E-state index is 0.164. The van der Waals surface area contributed by atoms with E-state index in [4.69, 9.17) is 0 Å². The van der Waals surface area contributed by atoms with Crippen LogP contribution in [-0.4, -0.2) is 34.9 Å². The zero-order valence-corrected chi connectivity index (χ0v) is 19.4. The van der Waals surface area contributed by atoms with Crippen LogP contribution in [0.3, 0.4) is 0 Å². The number of thiophene rings is 1. The van der Waals surface area contributed by atoms with E-state index in [2.05, 4.69) is 40.7 Å². The third kappa shape index (κ3) is 4.29. The van der Waals surface area contributed by atoms with Crippen LogP contribution >= 0.6 is 11.3 Å². The minimum Gasteiger partial charge on any atom is -0.348 e. The maximum Gasteiger partial charge on any atom is 0.331 e. The number of nitrogens with one attached hydrogen (secondary N) is 3. The number of carbonyl (C=O) groups excluding carboxylic acids is 3. The van der Waals surface area contributed by atoms with Crippen LogP contribution in [0.2, 0.25) is 0 Å². The van der Waals surface area contributed by atoms with Gasteiger partial charge in [0.2, 0.25) is 5.91 Å². The molecule has 1 saturated carbocycles. The zero-order valence-electron chi connectivity index (χ0n) is 18.5. The number of amides is 4. The Labute approximate surface area is 201 Å². The van der Waals surface area contributed by atoms with E-state index < -0.39 is 6.03 Å². The predicted octanol–water partition coefficient (Wildman–Crippen LogP) is 4.41. The number of carbonyl (C=O) groups is 3. The third-order valence-corrected chi connectivity index (χ3v) is 6.88. The smallest absolute Gasteiger partial charge is 0.331 e. The van der Waals surface area contributed by atoms with E-state index >= 15 is 0 Å². The van der Waals surface area contributed by atoms with Gasteiger partial charge >= 0.3 is 6.03 Å². The van der Waals surface area contributed by atoms with Gasteiger partial charge in [0.1, 0.15) is 9.71 Å². The molecule has 1 aliphatic carbocycles. The van der Waals surface area contributed by atoms with Crippen LogP contribution in [0.25, 0.3) is 10.2 Å². The van der Waals surface area contributed by atoms with Crippen LogP contribution in [0.5, 0.6) is 0 Å². The highest BCUT2D eigenvalue weighted by Gasteiger charge is 2.35. The molecule has 0 aromatic carbocycles. The highest BCUT2D eigenvalue weighted by molar-refractivity contribution is 7.21. The minimum atomic E-state index is -0.400. The summed E-state index contributed by atoms with van der Waals surface area (Å²) < 4.78 is 0. The monoisotopic (exact) mass is 475 g/mol. The lowest BCUT2D eigenvalue weighted by Crippen LogP contribution is -2.48. The Hall–Kier alpha value is -3.98. The molecule has 2 aromatic heterocycles. The van der Waals surface area contributed by atoms with Gasteiger partial charge in [-0.2, -0.15) is 0 Å². The van der Waals surface area contributed by atoms with Gasteiger partial charge in [-0.1, -0.05) is 38.0 Å². The molecule has 4 amide bonds. The molecular weight excluding hydrogens is 450 g/mol. The number of pyridine rings is 1. The number of anilines is 2. The predicted molar refractivity (Wildman–Crippen MR) is 136 cm³/mol. The summed E-state index contributed by atoms with van der Waals surface area (Å²) in [7, 11) is 0. The Bertz CT molecular complexity index is 1260. The van der Waals surface area contributed by atoms with Crippen molar-refractivity contribution >= 4 is 50.8 Å². The Morgan fingerprint density at radius 2 is 1.91 bits per heavy atom. The summed E-state index contributed by atoms with van der Waals surface area (Å²) >= 11 is 1.22. The van der Waals surface area contributed by atoms with Crippen molar-refractivity contribution in [2.45, 2.75) is 31.3 Å². The van der Waals surface area contributed by atoms with Crippen molar-refractivity contribution in [2.75, 3.05) is 10.2 Å². The molecule has 4 rings (SSSR count). The molecule has 34 heavy (non-hydrogen) atoms. The van der Waals surface area contributed by atoms with Gasteiger partial charge in [-0.05, 0) is 43.6 Å². The average Bonchev–Trinajstić information content (AvgIpc) is 3.42. The number of hydrogen-bond donors (Lipinski definition) is 3. The lowest BCUT2D eigenvalue weighted by atomic mass is 10.1. The van der Waals surface area contributed by atoms with Gasteiger partial charge in [-0.25, -0.2) is 9.78 Å². The molecule has 2 unspecified atom stereocenters. The van der Waals surface area contributed by atoms with Crippen molar-refractivity contribution in [3.63, 3.8) is 0 Å². The Balaban J connectivity index is 1.68. The number of allylic oxidation sites excluding steroid dienone is 5. The van der Waals surface area contributed by atoms with Gasteiger partial charge in [0.25, 0.3) is 5.91 Å². The SMILES string of the molecule is C=C/C=C\C=C(/C=C)N1C(=O)Nc2c(C(=O)NC3CCCC3NC(=O)C=C)sc3nccc1c23. The molecule has 0 bridgehead atoms. The second-order valence-corrected chi connectivity index (χ2v) is 8.83. The van der Waals surface area contributed by atoms with Crippen LogP contribution in [0.4, 0.5) is 16.2 Å². The molecule has 1 fully saturated rings. The van der Waals surface area contributed by atoms with Crippen LogP contribution in [0.1, 0.15) is 28.9 Å². The fourth-order valence-corrected chi connectivity index (χ4v) is 5.27. The van der Waals surface area contributed by atoms with E-state index in [-0.39, 0.29) is 23.9 Å². The van der Waals surface area contributed by atoms with Crippen molar-refractivity contribution < 1.29 is 14.4 Å². The molecule has 2 aromatic rings. The molecule has 0 saturated heterocycles. The first kappa shape index (κ1) is 23.2. The van der Waals surface area contributed by atoms with Gasteiger partial charge in [0.05, 0.1) is 22.5 Å². The maximum absolute atomic E-state index is 13.3. The molecular formula is C25H25N5O3S. The van der Waals surface area contributed by atoms with E-state index in [1.54, 1.807) is 42.6 Å². The van der Waals surface area contributed by atoms with Crippen LogP contribution in [0.15, 0.2) is 74.2 Å². The van der Waals surface area contributed by atoms with Gasteiger partial charge in [0.15, 0.2) is 0 Å². The first-order valence-electron chi connectivity index (χ1n) is 10.9. The van der Waals surface area contributed by atoms with E-state index in [0.29, 0.717) is 32.2 Å². The first-order valence-corrected chi connectivity index (χ1v) is 11.7. The van der Waals surface area contributed by atoms with E-state index in [0.717, 1.165) is 19.3 Å². The van der Waals surface area contributed by atoms with Crippen molar-refractivity contribution in [1.82, 2.24) is 15.6 Å². The largest absolute Gasteiger partial charge is 0.348 e. The van der Waals surface area contributed by atoms with Crippen molar-refractivity contribution in [3.05, 3.63) is 79.0 Å². The molecule has 3 N–H and O–H groups in total. The summed E-state index contributed by atoms with van der Waals surface area (Å²) in [5.41, 5.74) is 1.63. The summed E-state index contributed by atoms with van der Waals surface area (Å²) in [5.74, 6) is -0.575. The molecule has 2 aliphatic rings. The summed E-state index contributed by atoms with van der Waals surface area (Å²) in [4.78, 5) is 45.1. The highest BCUT2D eigenvalue weighted by atomic mass is 32.1. The number of hydrogen-bond acceptors (Lipinski definition) is 5. The Kier molecular flexibility index (Phi) is 6.74. The summed E-state index contributed by atoms with van der Waals surface area (Å²) in [6.45, 7) is 11.0. The van der Waals surface area contributed by atoms with Crippen molar-refractivity contribution in [1.29, 1.82) is 0 Å². The second kappa shape index (κ2) is 9.88. The molecule has 0 spiro atoms. The first-order chi connectivity index (χ1) is 16.5. The van der Waals surface area contributed by atoms with Gasteiger partial charge in [-0.3, -0.25) is 14.5 Å². The fourth-order valence-electron chi connectivity index (χ4n) is 4.25. The van der Waals surface area contributed by atoms with Crippen molar-refractivity contribution in [3.8, 4) is 0 Å². The number of urea groups is 1. The molecule has 2 atom stereocenters. The molecule has 9 heteroatoms. The standard InChI is InChI=1S/C25H25N5O3S/c1-4-7-8-10-15(5-2)30-18-13-14-26-24-20(18)21(29-25(30)33)22(34-24)23(32)28-17-12-9-11-16(17)27-19(31)6-3/h4-8,10,13-14,16-17H,1-3,9,11-12H2,(H,27,31)(H,28,32)(H,29,33)/b8-7-,15-10+. The fraction of sp³-hybridized carbons (Fsp3) is 0.200. The van der Waals surface area contributed by atoms with Gasteiger partial charge in [0, 0.05) is 18.3 Å². The number of aromatic nitrogens is 1. The maximum atomic E-state index is 13.3. The van der Waals surface area contributed by atoms with Crippen LogP contribution in [0, 0.1) is 0 Å². The number of nitrogens with zero attached hydrogens (tertiary/aromatic N) is 2. The molecule has 3 heterocycles. The van der Waals surface area contributed by atoms with Crippen LogP contribution < -0.4 is 20.9 Å². The van der Waals surface area contributed by atoms with E-state index in [9.17, 15) is 14.4 Å². The Morgan fingerprint density at radius 3 is 2.62 bits per heavy atom. The second-order valence-electron chi connectivity index (χ2n) is 7.83. The van der Waals surface area contributed by atoms with Crippen molar-refractivity contribution in [2.24, 2.45) is 0 Å². The summed E-state index contributed by atoms with van der Waals surface area (Å²) in [6.07, 6.45) is 13.7. The van der Waals surface area contributed by atoms with Crippen LogP contribution in [-0.2, 0) is 4.79 Å². The van der Waals surface area contributed by atoms with Gasteiger partial charge in [-0.15, -0.1) is 11.3 Å². The summed E-state index contributed by atoms with van der Waals surface area (Å²) in [5, 5.41) is 9.47. The molecule has 174 valence electrons. The quantitative estimate of drug-likeness (QED) is 0.389. The highest BCUT2D eigenvalue weighted by Crippen LogP contribution is 2.44. The van der Waals surface area contributed by atoms with E-state index in [1.165, 1.54) is 22.3 Å². The molecule has 8 nitrogen and oxygen atoms in total. The summed E-state index contributed by atoms with van der Waals surface area (Å²) in [6, 6.07) is 0.972. The average molecular weight is 476 g/mol. The lowest BCUT2D eigenvalue weighted by molar-refractivity contribution is -0.117. The Morgan fingerprint density at radius 1 is 1.15 bits per heavy atom. The lowest BCUT2D eigenvalue weighted by Gasteiger charge is -2.29. The molecule has 0 radical (unpaired) electrons. The van der Waals surface area contributed by atoms with E-state index in [1.807, 2.05) is 0 Å². The topological polar surface area (TPSA) is 103 Å². The third-order valence-electron chi connectivity index (χ3n) is 5.78. The number of rotatable bonds is 8.